The zero-order valence-corrected chi connectivity index (χ0v) is 14.0. The van der Waals surface area contributed by atoms with E-state index in [1.165, 1.54) is 6.92 Å². The second-order valence-electron chi connectivity index (χ2n) is 6.38. The lowest BCUT2D eigenvalue weighted by molar-refractivity contribution is -0.185. The highest BCUT2D eigenvalue weighted by Gasteiger charge is 2.39. The molecule has 1 amide bonds. The van der Waals surface area contributed by atoms with Gasteiger partial charge in [0.15, 0.2) is 11.6 Å². The van der Waals surface area contributed by atoms with Crippen molar-refractivity contribution in [3.8, 4) is 0 Å². The molecule has 24 heavy (non-hydrogen) atoms. The first-order valence-corrected chi connectivity index (χ1v) is 8.47. The van der Waals surface area contributed by atoms with Gasteiger partial charge < -0.3 is 19.7 Å². The molecule has 2 aliphatic heterocycles. The Morgan fingerprint density at radius 1 is 1.21 bits per heavy atom. The van der Waals surface area contributed by atoms with Crippen LogP contribution in [0.25, 0.3) is 0 Å². The van der Waals surface area contributed by atoms with Crippen LogP contribution in [0.2, 0.25) is 0 Å². The number of benzene rings is 1. The molecule has 6 heteroatoms. The minimum atomic E-state index is -0.369. The predicted octanol–water partition coefficient (Wildman–Crippen LogP) is 2.06. The van der Waals surface area contributed by atoms with Crippen LogP contribution in [0.4, 0.5) is 5.69 Å². The summed E-state index contributed by atoms with van der Waals surface area (Å²) in [5.74, 6) is -0.416. The van der Waals surface area contributed by atoms with Crippen LogP contribution in [0.3, 0.4) is 0 Å². The summed E-state index contributed by atoms with van der Waals surface area (Å²) in [6, 6.07) is 7.02. The number of piperidine rings is 1. The summed E-state index contributed by atoms with van der Waals surface area (Å²) in [6.07, 6.45) is 2.14. The first kappa shape index (κ1) is 17.1. The van der Waals surface area contributed by atoms with Gasteiger partial charge in [0, 0.05) is 50.1 Å². The van der Waals surface area contributed by atoms with Gasteiger partial charge in [0.1, 0.15) is 0 Å². The Morgan fingerprint density at radius 3 is 2.58 bits per heavy atom. The van der Waals surface area contributed by atoms with Gasteiger partial charge in [-0.1, -0.05) is 12.1 Å². The molecule has 1 spiro atoms. The van der Waals surface area contributed by atoms with Crippen LogP contribution in [0.1, 0.15) is 36.5 Å². The molecule has 3 rings (SSSR count). The Hall–Kier alpha value is -1.76. The van der Waals surface area contributed by atoms with E-state index in [9.17, 15) is 9.59 Å². The summed E-state index contributed by atoms with van der Waals surface area (Å²) >= 11 is 0. The van der Waals surface area contributed by atoms with E-state index in [1.807, 2.05) is 0 Å². The number of likely N-dealkylation sites (tertiary alicyclic amines) is 1. The van der Waals surface area contributed by atoms with Gasteiger partial charge in [0.25, 0.3) is 0 Å². The maximum Gasteiger partial charge on any atom is 0.225 e. The van der Waals surface area contributed by atoms with Crippen LogP contribution in [0.15, 0.2) is 24.3 Å². The highest BCUT2D eigenvalue weighted by Crippen LogP contribution is 2.31. The van der Waals surface area contributed by atoms with Crippen molar-refractivity contribution in [2.45, 2.75) is 32.0 Å². The molecule has 0 aromatic heterocycles. The highest BCUT2D eigenvalue weighted by molar-refractivity contribution is 5.97. The van der Waals surface area contributed by atoms with Gasteiger partial charge in [-0.15, -0.1) is 0 Å². The molecule has 0 atom stereocenters. The monoisotopic (exact) mass is 332 g/mol. The highest BCUT2D eigenvalue weighted by atomic mass is 16.7. The number of hydrogen-bond acceptors (Lipinski definition) is 5. The second-order valence-corrected chi connectivity index (χ2v) is 6.38. The van der Waals surface area contributed by atoms with E-state index in [0.717, 1.165) is 25.9 Å². The lowest BCUT2D eigenvalue weighted by Crippen LogP contribution is -2.45. The molecule has 2 saturated heterocycles. The predicted molar refractivity (Wildman–Crippen MR) is 90.0 cm³/mol. The Kier molecular flexibility index (Phi) is 5.28. The quantitative estimate of drug-likeness (QED) is 0.836. The first-order valence-electron chi connectivity index (χ1n) is 8.47. The number of nitrogens with zero attached hydrogens (tertiary/aromatic N) is 1. The molecule has 1 aromatic carbocycles. The van der Waals surface area contributed by atoms with Crippen LogP contribution in [0.5, 0.6) is 0 Å². The summed E-state index contributed by atoms with van der Waals surface area (Å²) in [5.41, 5.74) is 1.27. The second kappa shape index (κ2) is 7.42. The number of hydrogen-bond donors (Lipinski definition) is 1. The molecule has 2 fully saturated rings. The zero-order chi connectivity index (χ0) is 17.0. The molecule has 6 nitrogen and oxygen atoms in total. The summed E-state index contributed by atoms with van der Waals surface area (Å²) in [7, 11) is 0. The molecule has 1 N–H and O–H groups in total. The third-order valence-corrected chi connectivity index (χ3v) is 4.64. The number of anilines is 1. The molecule has 2 aliphatic rings. The molecule has 0 saturated carbocycles. The number of ketones is 1. The average Bonchev–Trinajstić information content (AvgIpc) is 3.03. The van der Waals surface area contributed by atoms with Crippen molar-refractivity contribution >= 4 is 17.4 Å². The molecule has 0 bridgehead atoms. The van der Waals surface area contributed by atoms with Crippen LogP contribution < -0.4 is 5.32 Å². The number of Topliss-reactive ketones (excluding diaryl/α,β-unsaturated/α-hetero) is 1. The van der Waals surface area contributed by atoms with Crippen molar-refractivity contribution in [1.29, 1.82) is 0 Å². The van der Waals surface area contributed by atoms with Crippen LogP contribution in [0, 0.1) is 0 Å². The SMILES string of the molecule is CC(=O)c1cccc(NC(=O)CCN2CCC3(CC2)OCCO3)c1. The number of carbonyl (C=O) groups excluding carboxylic acids is 2. The van der Waals surface area contributed by atoms with Crippen molar-refractivity contribution in [3.05, 3.63) is 29.8 Å². The maximum atomic E-state index is 12.1. The molecular weight excluding hydrogens is 308 g/mol. The number of carbonyl (C=O) groups is 2. The molecule has 2 heterocycles. The van der Waals surface area contributed by atoms with Crippen LogP contribution in [-0.2, 0) is 14.3 Å². The Labute approximate surface area is 142 Å². The van der Waals surface area contributed by atoms with Gasteiger partial charge >= 0.3 is 0 Å². The standard InChI is InChI=1S/C18H24N2O4/c1-14(21)15-3-2-4-16(13-15)19-17(22)5-8-20-9-6-18(7-10-20)23-11-12-24-18/h2-4,13H,5-12H2,1H3,(H,19,22). The third-order valence-electron chi connectivity index (χ3n) is 4.64. The fourth-order valence-corrected chi connectivity index (χ4v) is 3.20. The number of ether oxygens (including phenoxy) is 2. The van der Waals surface area contributed by atoms with Gasteiger partial charge in [-0.3, -0.25) is 9.59 Å². The Bertz CT molecular complexity index is 601. The minimum absolute atomic E-state index is 0.00954. The van der Waals surface area contributed by atoms with E-state index < -0.39 is 0 Å². The van der Waals surface area contributed by atoms with Crippen LogP contribution in [-0.4, -0.2) is 55.2 Å². The molecule has 0 radical (unpaired) electrons. The van der Waals surface area contributed by atoms with Crippen molar-refractivity contribution < 1.29 is 19.1 Å². The summed E-state index contributed by atoms with van der Waals surface area (Å²) < 4.78 is 11.4. The van der Waals surface area contributed by atoms with E-state index in [-0.39, 0.29) is 17.5 Å². The van der Waals surface area contributed by atoms with E-state index >= 15 is 0 Å². The van der Waals surface area contributed by atoms with E-state index in [4.69, 9.17) is 9.47 Å². The van der Waals surface area contributed by atoms with Crippen molar-refractivity contribution in [3.63, 3.8) is 0 Å². The molecule has 130 valence electrons. The van der Waals surface area contributed by atoms with Crippen molar-refractivity contribution in [2.24, 2.45) is 0 Å². The van der Waals surface area contributed by atoms with Crippen molar-refractivity contribution in [2.75, 3.05) is 38.2 Å². The maximum absolute atomic E-state index is 12.1. The zero-order valence-electron chi connectivity index (χ0n) is 14.0. The van der Waals surface area contributed by atoms with Gasteiger partial charge in [0.05, 0.1) is 13.2 Å². The van der Waals surface area contributed by atoms with Gasteiger partial charge in [0.2, 0.25) is 5.91 Å². The fraction of sp³-hybridized carbons (Fsp3) is 0.556. The van der Waals surface area contributed by atoms with E-state index in [2.05, 4.69) is 10.2 Å². The average molecular weight is 332 g/mol. The smallest absolute Gasteiger partial charge is 0.225 e. The fourth-order valence-electron chi connectivity index (χ4n) is 3.20. The van der Waals surface area contributed by atoms with Gasteiger partial charge in [-0.05, 0) is 19.1 Å². The number of rotatable bonds is 5. The normalized spacial score (nSPS) is 20.2. The Morgan fingerprint density at radius 2 is 1.92 bits per heavy atom. The lowest BCUT2D eigenvalue weighted by Gasteiger charge is -2.37. The number of nitrogens with one attached hydrogen (secondary N) is 1. The molecular formula is C18H24N2O4. The van der Waals surface area contributed by atoms with E-state index in [0.29, 0.717) is 37.4 Å². The molecule has 0 unspecified atom stereocenters. The van der Waals surface area contributed by atoms with Crippen molar-refractivity contribution in [1.82, 2.24) is 4.90 Å². The molecule has 1 aromatic rings. The summed E-state index contributed by atoms with van der Waals surface area (Å²) in [5, 5.41) is 2.86. The minimum Gasteiger partial charge on any atom is -0.347 e. The van der Waals surface area contributed by atoms with E-state index in [1.54, 1.807) is 24.3 Å². The van der Waals surface area contributed by atoms with Gasteiger partial charge in [-0.2, -0.15) is 0 Å². The lowest BCUT2D eigenvalue weighted by atomic mass is 10.0. The van der Waals surface area contributed by atoms with Crippen LogP contribution >= 0.6 is 0 Å². The van der Waals surface area contributed by atoms with Gasteiger partial charge in [-0.25, -0.2) is 0 Å². The topological polar surface area (TPSA) is 67.9 Å². The summed E-state index contributed by atoms with van der Waals surface area (Å²) in [4.78, 5) is 25.8. The number of amides is 1. The third kappa shape index (κ3) is 4.20. The summed E-state index contributed by atoms with van der Waals surface area (Å²) in [6.45, 7) is 5.36. The Balaban J connectivity index is 1.43. The molecule has 0 aliphatic carbocycles. The largest absolute Gasteiger partial charge is 0.347 e. The first-order chi connectivity index (χ1) is 11.6.